The van der Waals surface area contributed by atoms with E-state index in [9.17, 15) is 5.11 Å². The Balaban J connectivity index is 1.62. The summed E-state index contributed by atoms with van der Waals surface area (Å²) in [5.74, 6) is 2.24. The number of aliphatic hydroxyl groups excluding tert-OH is 1. The molecule has 0 spiro atoms. The second-order valence-electron chi connectivity index (χ2n) is 5.79. The number of hydrogen-bond donors (Lipinski definition) is 1. The summed E-state index contributed by atoms with van der Waals surface area (Å²) in [5, 5.41) is 10.5. The highest BCUT2D eigenvalue weighted by molar-refractivity contribution is 5.32. The Morgan fingerprint density at radius 2 is 2.09 bits per heavy atom. The van der Waals surface area contributed by atoms with E-state index in [4.69, 9.17) is 4.74 Å². The van der Waals surface area contributed by atoms with E-state index in [1.54, 1.807) is 18.5 Å². The highest BCUT2D eigenvalue weighted by Crippen LogP contribution is 2.30. The van der Waals surface area contributed by atoms with Crippen LogP contribution in [0.5, 0.6) is 5.88 Å². The summed E-state index contributed by atoms with van der Waals surface area (Å²) in [4.78, 5) is 15.2. The van der Waals surface area contributed by atoms with E-state index in [0.717, 1.165) is 31.8 Å². The van der Waals surface area contributed by atoms with Crippen molar-refractivity contribution in [2.45, 2.75) is 25.9 Å². The molecular weight excluding hydrogens is 294 g/mol. The van der Waals surface area contributed by atoms with Gasteiger partial charge in [0.25, 0.3) is 0 Å². The molecular formula is C16H23N5O2. The molecule has 1 atom stereocenters. The van der Waals surface area contributed by atoms with E-state index in [2.05, 4.69) is 19.9 Å². The molecule has 2 aromatic heterocycles. The van der Waals surface area contributed by atoms with Gasteiger partial charge in [-0.25, -0.2) is 9.97 Å². The van der Waals surface area contributed by atoms with Crippen LogP contribution in [-0.4, -0.2) is 44.3 Å². The zero-order valence-corrected chi connectivity index (χ0v) is 13.6. The molecule has 1 aliphatic rings. The molecule has 3 heterocycles. The first kappa shape index (κ1) is 15.7. The average Bonchev–Trinajstić information content (AvgIpc) is 3.01. The summed E-state index contributed by atoms with van der Waals surface area (Å²) in [6, 6.07) is 1.77. The predicted octanol–water partition coefficient (Wildman–Crippen LogP) is 1.56. The molecule has 0 aromatic carbocycles. The standard InChI is InChI=1S/C16H23N5O2/c1-3-23-13-4-7-18-16(19-13)21-9-5-12(6-10-21)14(22)15-17-8-11-20(15)2/h4,7-8,11-12,14,22H,3,5-6,9-10H2,1-2H3/t14-/m1/s1. The molecule has 7 nitrogen and oxygen atoms in total. The van der Waals surface area contributed by atoms with Gasteiger partial charge in [-0.15, -0.1) is 0 Å². The topological polar surface area (TPSA) is 76.3 Å². The maximum absolute atomic E-state index is 10.5. The number of ether oxygens (including phenoxy) is 1. The van der Waals surface area contributed by atoms with E-state index in [0.29, 0.717) is 18.4 Å². The predicted molar refractivity (Wildman–Crippen MR) is 86.3 cm³/mol. The monoisotopic (exact) mass is 317 g/mol. The number of aliphatic hydroxyl groups is 1. The molecule has 0 aliphatic carbocycles. The molecule has 0 unspecified atom stereocenters. The molecule has 0 radical (unpaired) electrons. The lowest BCUT2D eigenvalue weighted by atomic mass is 9.91. The molecule has 2 aromatic rings. The number of nitrogens with zero attached hydrogens (tertiary/aromatic N) is 5. The molecule has 0 saturated carbocycles. The maximum atomic E-state index is 10.5. The smallest absolute Gasteiger partial charge is 0.228 e. The molecule has 7 heteroatoms. The lowest BCUT2D eigenvalue weighted by Crippen LogP contribution is -2.37. The van der Waals surface area contributed by atoms with Crippen LogP contribution >= 0.6 is 0 Å². The summed E-state index contributed by atoms with van der Waals surface area (Å²) in [5.41, 5.74) is 0. The third kappa shape index (κ3) is 3.44. The van der Waals surface area contributed by atoms with Gasteiger partial charge in [-0.3, -0.25) is 0 Å². The third-order valence-corrected chi connectivity index (χ3v) is 4.30. The lowest BCUT2D eigenvalue weighted by Gasteiger charge is -2.34. The zero-order chi connectivity index (χ0) is 16.2. The van der Waals surface area contributed by atoms with Crippen LogP contribution in [0.1, 0.15) is 31.7 Å². The van der Waals surface area contributed by atoms with Gasteiger partial charge >= 0.3 is 0 Å². The number of aryl methyl sites for hydroxylation is 1. The van der Waals surface area contributed by atoms with E-state index >= 15 is 0 Å². The Bertz CT molecular complexity index is 637. The molecule has 23 heavy (non-hydrogen) atoms. The Morgan fingerprint density at radius 3 is 2.74 bits per heavy atom. The Hall–Kier alpha value is -2.15. The molecule has 1 N–H and O–H groups in total. The fraction of sp³-hybridized carbons (Fsp3) is 0.562. The van der Waals surface area contributed by atoms with Gasteiger partial charge in [0, 0.05) is 44.8 Å². The summed E-state index contributed by atoms with van der Waals surface area (Å²) < 4.78 is 7.31. The SMILES string of the molecule is CCOc1ccnc(N2CCC([C@@H](O)c3nccn3C)CC2)n1. The van der Waals surface area contributed by atoms with Gasteiger partial charge in [-0.05, 0) is 25.7 Å². The Kier molecular flexibility index (Phi) is 4.76. The lowest BCUT2D eigenvalue weighted by molar-refractivity contribution is 0.0823. The molecule has 1 fully saturated rings. The molecule has 124 valence electrons. The minimum Gasteiger partial charge on any atom is -0.478 e. The van der Waals surface area contributed by atoms with Crippen LogP contribution in [0, 0.1) is 5.92 Å². The van der Waals surface area contributed by atoms with Crippen LogP contribution in [0.3, 0.4) is 0 Å². The number of imidazole rings is 1. The minimum absolute atomic E-state index is 0.211. The van der Waals surface area contributed by atoms with Crippen molar-refractivity contribution in [3.8, 4) is 5.88 Å². The molecule has 0 amide bonds. The summed E-state index contributed by atoms with van der Waals surface area (Å²) in [6.45, 7) is 4.17. The van der Waals surface area contributed by atoms with Crippen molar-refractivity contribution in [1.29, 1.82) is 0 Å². The highest BCUT2D eigenvalue weighted by atomic mass is 16.5. The fourth-order valence-corrected chi connectivity index (χ4v) is 3.00. The molecule has 1 saturated heterocycles. The fourth-order valence-electron chi connectivity index (χ4n) is 3.00. The first-order valence-electron chi connectivity index (χ1n) is 8.05. The van der Waals surface area contributed by atoms with Crippen molar-refractivity contribution in [3.63, 3.8) is 0 Å². The highest BCUT2D eigenvalue weighted by Gasteiger charge is 2.29. The van der Waals surface area contributed by atoms with Crippen LogP contribution in [0.15, 0.2) is 24.7 Å². The van der Waals surface area contributed by atoms with Gasteiger partial charge in [0.15, 0.2) is 0 Å². The van der Waals surface area contributed by atoms with Gasteiger partial charge in [-0.2, -0.15) is 4.98 Å². The van der Waals surface area contributed by atoms with Gasteiger partial charge in [0.2, 0.25) is 11.8 Å². The van der Waals surface area contributed by atoms with E-state index in [-0.39, 0.29) is 5.92 Å². The van der Waals surface area contributed by atoms with Gasteiger partial charge in [0.05, 0.1) is 6.61 Å². The average molecular weight is 317 g/mol. The van der Waals surface area contributed by atoms with Gasteiger partial charge in [0.1, 0.15) is 11.9 Å². The van der Waals surface area contributed by atoms with Crippen molar-refractivity contribution in [3.05, 3.63) is 30.5 Å². The van der Waals surface area contributed by atoms with Crippen molar-refractivity contribution >= 4 is 5.95 Å². The van der Waals surface area contributed by atoms with E-state index in [1.165, 1.54) is 0 Å². The first-order valence-corrected chi connectivity index (χ1v) is 8.05. The van der Waals surface area contributed by atoms with Crippen molar-refractivity contribution < 1.29 is 9.84 Å². The van der Waals surface area contributed by atoms with Crippen molar-refractivity contribution in [2.24, 2.45) is 13.0 Å². The van der Waals surface area contributed by atoms with Crippen molar-refractivity contribution in [1.82, 2.24) is 19.5 Å². The van der Waals surface area contributed by atoms with Crippen LogP contribution in [-0.2, 0) is 7.05 Å². The minimum atomic E-state index is -0.521. The van der Waals surface area contributed by atoms with Crippen LogP contribution in [0.25, 0.3) is 0 Å². The molecule has 0 bridgehead atoms. The number of piperidine rings is 1. The van der Waals surface area contributed by atoms with E-state index in [1.807, 2.05) is 24.7 Å². The molecule has 3 rings (SSSR count). The molecule has 1 aliphatic heterocycles. The number of rotatable bonds is 5. The maximum Gasteiger partial charge on any atom is 0.228 e. The summed E-state index contributed by atoms with van der Waals surface area (Å²) in [7, 11) is 1.91. The van der Waals surface area contributed by atoms with Gasteiger partial charge < -0.3 is 19.3 Å². The van der Waals surface area contributed by atoms with Crippen LogP contribution in [0.2, 0.25) is 0 Å². The van der Waals surface area contributed by atoms with Crippen LogP contribution in [0.4, 0.5) is 5.95 Å². The summed E-state index contributed by atoms with van der Waals surface area (Å²) in [6.07, 6.45) is 6.56. The zero-order valence-electron chi connectivity index (χ0n) is 13.6. The second kappa shape index (κ2) is 6.95. The normalized spacial score (nSPS) is 17.3. The van der Waals surface area contributed by atoms with Crippen molar-refractivity contribution in [2.75, 3.05) is 24.6 Å². The summed E-state index contributed by atoms with van der Waals surface area (Å²) >= 11 is 0. The number of aromatic nitrogens is 4. The number of anilines is 1. The Labute approximate surface area is 136 Å². The third-order valence-electron chi connectivity index (χ3n) is 4.30. The quantitative estimate of drug-likeness (QED) is 0.902. The number of hydrogen-bond acceptors (Lipinski definition) is 6. The Morgan fingerprint density at radius 1 is 1.30 bits per heavy atom. The van der Waals surface area contributed by atoms with Crippen LogP contribution < -0.4 is 9.64 Å². The van der Waals surface area contributed by atoms with E-state index < -0.39 is 6.10 Å². The largest absolute Gasteiger partial charge is 0.478 e. The first-order chi connectivity index (χ1) is 11.2. The van der Waals surface area contributed by atoms with Gasteiger partial charge in [-0.1, -0.05) is 0 Å². The second-order valence-corrected chi connectivity index (χ2v) is 5.79.